The number of hydrogen-bond acceptors (Lipinski definition) is 8. The van der Waals surface area contributed by atoms with Gasteiger partial charge in [0, 0.05) is 38.8 Å². The van der Waals surface area contributed by atoms with Crippen molar-refractivity contribution < 1.29 is 22.5 Å². The zero-order chi connectivity index (χ0) is 24.7. The van der Waals surface area contributed by atoms with E-state index < -0.39 is 14.9 Å². The summed E-state index contributed by atoms with van der Waals surface area (Å²) in [5, 5.41) is 14.8. The molecule has 12 heteroatoms. The Morgan fingerprint density at radius 3 is 2.47 bits per heavy atom. The van der Waals surface area contributed by atoms with Gasteiger partial charge < -0.3 is 15.0 Å². The monoisotopic (exact) mass is 495 g/mol. The van der Waals surface area contributed by atoms with Gasteiger partial charge in [0.15, 0.2) is 0 Å². The summed E-state index contributed by atoms with van der Waals surface area (Å²) in [6.45, 7) is 3.44. The van der Waals surface area contributed by atoms with Gasteiger partial charge in [0.25, 0.3) is 5.69 Å². The van der Waals surface area contributed by atoms with Crippen molar-refractivity contribution in [2.75, 3.05) is 65.3 Å². The van der Waals surface area contributed by atoms with Crippen molar-refractivity contribution in [1.29, 1.82) is 0 Å². The molecule has 1 fully saturated rings. The van der Waals surface area contributed by atoms with Crippen LogP contribution in [0.5, 0.6) is 0 Å². The maximum atomic E-state index is 13.5. The Labute approximate surface area is 198 Å². The molecule has 0 spiro atoms. The third kappa shape index (κ3) is 6.93. The molecule has 186 valence electrons. The largest absolute Gasteiger partial charge is 0.379 e. The second-order valence-electron chi connectivity index (χ2n) is 8.23. The van der Waals surface area contributed by atoms with Gasteiger partial charge in [-0.25, -0.2) is 17.5 Å². The molecule has 1 heterocycles. The lowest BCUT2D eigenvalue weighted by Gasteiger charge is -2.35. The van der Waals surface area contributed by atoms with Gasteiger partial charge in [-0.2, -0.15) is 0 Å². The summed E-state index contributed by atoms with van der Waals surface area (Å²) >= 11 is 0. The molecular weight excluding hydrogens is 465 g/mol. The molecule has 34 heavy (non-hydrogen) atoms. The number of benzene rings is 2. The first kappa shape index (κ1) is 26.0. The van der Waals surface area contributed by atoms with Crippen molar-refractivity contribution >= 4 is 21.4 Å². The van der Waals surface area contributed by atoms with Gasteiger partial charge in [-0.05, 0) is 43.9 Å². The minimum atomic E-state index is -3.89. The SMILES string of the molecule is CN(C)CCNS(=O)(=O)c1ccc(NCC(c2ccc(F)cc2)N2CCOCC2)c([N+](=O)[O-])c1. The molecule has 0 radical (unpaired) electrons. The predicted molar refractivity (Wildman–Crippen MR) is 127 cm³/mol. The number of nitrogens with zero attached hydrogens (tertiary/aromatic N) is 3. The van der Waals surface area contributed by atoms with E-state index in [-0.39, 0.29) is 34.7 Å². The number of likely N-dealkylation sites (N-methyl/N-ethyl adjacent to an activating group) is 1. The quantitative estimate of drug-likeness (QED) is 0.359. The van der Waals surface area contributed by atoms with E-state index >= 15 is 0 Å². The lowest BCUT2D eigenvalue weighted by Crippen LogP contribution is -2.41. The van der Waals surface area contributed by atoms with Crippen molar-refractivity contribution in [1.82, 2.24) is 14.5 Å². The normalized spacial score (nSPS) is 15.9. The first-order chi connectivity index (χ1) is 16.2. The Bertz CT molecular complexity index is 1080. The molecule has 1 aliphatic heterocycles. The molecule has 1 unspecified atom stereocenters. The van der Waals surface area contributed by atoms with Crippen molar-refractivity contribution in [2.45, 2.75) is 10.9 Å². The summed E-state index contributed by atoms with van der Waals surface area (Å²) in [5.41, 5.74) is 0.732. The molecule has 0 saturated carbocycles. The van der Waals surface area contributed by atoms with Crippen molar-refractivity contribution in [3.05, 3.63) is 64.0 Å². The fourth-order valence-electron chi connectivity index (χ4n) is 3.70. The van der Waals surface area contributed by atoms with Gasteiger partial charge in [-0.3, -0.25) is 15.0 Å². The number of nitro groups is 1. The van der Waals surface area contributed by atoms with Crippen LogP contribution < -0.4 is 10.0 Å². The number of sulfonamides is 1. The standard InChI is InChI=1S/C22H30FN5O5S/c1-26(2)10-9-25-34(31,32)19-7-8-20(21(15-19)28(29)30)24-16-22(27-11-13-33-14-12-27)17-3-5-18(23)6-4-17/h3-8,15,22,24-25H,9-14,16H2,1-2H3. The second kappa shape index (κ2) is 11.7. The van der Waals surface area contributed by atoms with Crippen LogP contribution in [0, 0.1) is 15.9 Å². The Morgan fingerprint density at radius 2 is 1.85 bits per heavy atom. The van der Waals surface area contributed by atoms with Crippen LogP contribution >= 0.6 is 0 Å². The summed E-state index contributed by atoms with van der Waals surface area (Å²) in [4.78, 5) is 14.9. The van der Waals surface area contributed by atoms with Crippen LogP contribution in [0.3, 0.4) is 0 Å². The lowest BCUT2D eigenvalue weighted by atomic mass is 10.0. The van der Waals surface area contributed by atoms with Crippen molar-refractivity contribution in [2.24, 2.45) is 0 Å². The lowest BCUT2D eigenvalue weighted by molar-refractivity contribution is -0.384. The summed E-state index contributed by atoms with van der Waals surface area (Å²) in [7, 11) is -0.260. The molecule has 1 saturated heterocycles. The summed E-state index contributed by atoms with van der Waals surface area (Å²) < 4.78 is 46.5. The average molecular weight is 496 g/mol. The number of hydrogen-bond donors (Lipinski definition) is 2. The van der Waals surface area contributed by atoms with Crippen LogP contribution in [0.1, 0.15) is 11.6 Å². The van der Waals surface area contributed by atoms with E-state index in [0.717, 1.165) is 11.6 Å². The zero-order valence-corrected chi connectivity index (χ0v) is 20.1. The van der Waals surface area contributed by atoms with Crippen LogP contribution in [0.15, 0.2) is 47.4 Å². The molecule has 2 aromatic rings. The minimum Gasteiger partial charge on any atom is -0.379 e. The smallest absolute Gasteiger partial charge is 0.293 e. The number of morpholine rings is 1. The van der Waals surface area contributed by atoms with E-state index in [1.165, 1.54) is 24.3 Å². The van der Waals surface area contributed by atoms with E-state index in [1.807, 2.05) is 19.0 Å². The van der Waals surface area contributed by atoms with Crippen LogP contribution in [0.2, 0.25) is 0 Å². The third-order valence-electron chi connectivity index (χ3n) is 5.55. The highest BCUT2D eigenvalue weighted by Gasteiger charge is 2.25. The van der Waals surface area contributed by atoms with E-state index in [2.05, 4.69) is 14.9 Å². The van der Waals surface area contributed by atoms with Gasteiger partial charge in [-0.1, -0.05) is 12.1 Å². The fourth-order valence-corrected chi connectivity index (χ4v) is 4.75. The summed E-state index contributed by atoms with van der Waals surface area (Å²) in [6.07, 6.45) is 0. The van der Waals surface area contributed by atoms with Gasteiger partial charge in [0.2, 0.25) is 10.0 Å². The van der Waals surface area contributed by atoms with Gasteiger partial charge >= 0.3 is 0 Å². The van der Waals surface area contributed by atoms with E-state index in [9.17, 15) is 22.9 Å². The van der Waals surface area contributed by atoms with Gasteiger partial charge in [0.1, 0.15) is 11.5 Å². The molecule has 0 aliphatic carbocycles. The highest BCUT2D eigenvalue weighted by molar-refractivity contribution is 7.89. The molecule has 0 aromatic heterocycles. The molecule has 2 N–H and O–H groups in total. The first-order valence-electron chi connectivity index (χ1n) is 10.9. The number of nitrogens with one attached hydrogen (secondary N) is 2. The molecule has 2 aromatic carbocycles. The molecule has 0 amide bonds. The first-order valence-corrected chi connectivity index (χ1v) is 12.4. The van der Waals surface area contributed by atoms with Crippen molar-refractivity contribution in [3.8, 4) is 0 Å². The molecular formula is C22H30FN5O5S. The van der Waals surface area contributed by atoms with Crippen molar-refractivity contribution in [3.63, 3.8) is 0 Å². The second-order valence-corrected chi connectivity index (χ2v) is 10.0. The Hall–Kier alpha value is -2.64. The topological polar surface area (TPSA) is 117 Å². The number of anilines is 1. The third-order valence-corrected chi connectivity index (χ3v) is 7.01. The average Bonchev–Trinajstić information content (AvgIpc) is 2.80. The van der Waals surface area contributed by atoms with E-state index in [0.29, 0.717) is 39.4 Å². The molecule has 10 nitrogen and oxygen atoms in total. The van der Waals surface area contributed by atoms with Crippen LogP contribution in [0.25, 0.3) is 0 Å². The fraction of sp³-hybridized carbons (Fsp3) is 0.455. The minimum absolute atomic E-state index is 0.174. The highest BCUT2D eigenvalue weighted by atomic mass is 32.2. The zero-order valence-electron chi connectivity index (χ0n) is 19.2. The molecule has 1 atom stereocenters. The van der Waals surface area contributed by atoms with Crippen LogP contribution in [0.4, 0.5) is 15.8 Å². The number of ether oxygens (including phenoxy) is 1. The maximum absolute atomic E-state index is 13.5. The van der Waals surface area contributed by atoms with Gasteiger partial charge in [-0.15, -0.1) is 0 Å². The summed E-state index contributed by atoms with van der Waals surface area (Å²) in [5.74, 6) is -0.343. The Morgan fingerprint density at radius 1 is 1.18 bits per heavy atom. The maximum Gasteiger partial charge on any atom is 0.293 e. The number of nitro benzene ring substituents is 1. The molecule has 0 bridgehead atoms. The van der Waals surface area contributed by atoms with E-state index in [4.69, 9.17) is 4.74 Å². The van der Waals surface area contributed by atoms with Gasteiger partial charge in [0.05, 0.1) is 29.1 Å². The van der Waals surface area contributed by atoms with Crippen LogP contribution in [-0.4, -0.2) is 83.2 Å². The molecule has 1 aliphatic rings. The number of halogens is 1. The Balaban J connectivity index is 1.81. The van der Waals surface area contributed by atoms with E-state index in [1.54, 1.807) is 12.1 Å². The number of rotatable bonds is 11. The predicted octanol–water partition coefficient (Wildman–Crippen LogP) is 2.06. The Kier molecular flexibility index (Phi) is 8.91. The molecule has 3 rings (SSSR count). The highest BCUT2D eigenvalue weighted by Crippen LogP contribution is 2.30. The van der Waals surface area contributed by atoms with Crippen LogP contribution in [-0.2, 0) is 14.8 Å². The summed E-state index contributed by atoms with van der Waals surface area (Å²) in [6, 6.07) is 9.78.